The number of fused-ring (bicyclic) bond motifs is 1. The molecule has 16 heavy (non-hydrogen) atoms. The van der Waals surface area contributed by atoms with E-state index in [1.807, 2.05) is 0 Å². The number of hydrogen-bond acceptors (Lipinski definition) is 2. The van der Waals surface area contributed by atoms with Crippen LogP contribution < -0.4 is 0 Å². The Labute approximate surface area is 97.4 Å². The lowest BCUT2D eigenvalue weighted by Crippen LogP contribution is -2.26. The molecule has 2 unspecified atom stereocenters. The van der Waals surface area contributed by atoms with E-state index in [1.54, 1.807) is 6.92 Å². The van der Waals surface area contributed by atoms with Gasteiger partial charge in [-0.1, -0.05) is 24.6 Å². The average molecular weight is 220 g/mol. The Kier molecular flexibility index (Phi) is 2.79. The van der Waals surface area contributed by atoms with Gasteiger partial charge in [-0.25, -0.2) is 0 Å². The lowest BCUT2D eigenvalue weighted by Gasteiger charge is -2.28. The van der Waals surface area contributed by atoms with Crippen LogP contribution in [0.25, 0.3) is 0 Å². The molecule has 1 heterocycles. The van der Waals surface area contributed by atoms with Gasteiger partial charge in [0.25, 0.3) is 0 Å². The first-order chi connectivity index (χ1) is 7.44. The molecule has 0 saturated carbocycles. The predicted octanol–water partition coefficient (Wildman–Crippen LogP) is 2.89. The molecule has 2 aliphatic rings. The minimum absolute atomic E-state index is 0.151. The van der Waals surface area contributed by atoms with Gasteiger partial charge in [-0.3, -0.25) is 4.79 Å². The monoisotopic (exact) mass is 220 g/mol. The number of hydrogen-bond donors (Lipinski definition) is 0. The molecule has 0 spiro atoms. The summed E-state index contributed by atoms with van der Waals surface area (Å²) < 4.78 is 5.60. The van der Waals surface area contributed by atoms with Crippen LogP contribution in [0.3, 0.4) is 0 Å². The number of ketones is 1. The number of ether oxygens (including phenoxy) is 1. The van der Waals surface area contributed by atoms with E-state index in [0.29, 0.717) is 5.92 Å². The maximum Gasteiger partial charge on any atom is 0.156 e. The van der Waals surface area contributed by atoms with E-state index >= 15 is 0 Å². The fourth-order valence-electron chi connectivity index (χ4n) is 3.14. The first kappa shape index (κ1) is 11.6. The highest BCUT2D eigenvalue weighted by atomic mass is 16.5. The summed E-state index contributed by atoms with van der Waals surface area (Å²) in [6.45, 7) is 11.7. The van der Waals surface area contributed by atoms with Crippen LogP contribution in [0.15, 0.2) is 23.3 Å². The van der Waals surface area contributed by atoms with E-state index < -0.39 is 0 Å². The minimum Gasteiger partial charge on any atom is -0.380 e. The molecule has 2 heteroatoms. The molecule has 2 nitrogen and oxygen atoms in total. The molecule has 1 aliphatic heterocycles. The van der Waals surface area contributed by atoms with Crippen LogP contribution in [-0.2, 0) is 9.53 Å². The van der Waals surface area contributed by atoms with Gasteiger partial charge in [-0.2, -0.15) is 0 Å². The largest absolute Gasteiger partial charge is 0.380 e. The Hall–Kier alpha value is -0.890. The molecule has 1 aliphatic carbocycles. The van der Waals surface area contributed by atoms with Crippen molar-refractivity contribution in [2.24, 2.45) is 11.3 Å². The van der Waals surface area contributed by atoms with Crippen LogP contribution in [0.4, 0.5) is 0 Å². The Bertz CT molecular complexity index is 378. The molecule has 0 bridgehead atoms. The van der Waals surface area contributed by atoms with Gasteiger partial charge in [0.15, 0.2) is 5.78 Å². The molecule has 0 amide bonds. The first-order valence-corrected chi connectivity index (χ1v) is 5.89. The van der Waals surface area contributed by atoms with Crippen molar-refractivity contribution in [2.45, 2.75) is 33.6 Å². The van der Waals surface area contributed by atoms with Gasteiger partial charge in [-0.05, 0) is 32.3 Å². The predicted molar refractivity (Wildman–Crippen MR) is 64.2 cm³/mol. The van der Waals surface area contributed by atoms with Crippen LogP contribution in [0.1, 0.15) is 33.6 Å². The summed E-state index contributed by atoms with van der Waals surface area (Å²) in [6, 6.07) is 0. The van der Waals surface area contributed by atoms with E-state index in [0.717, 1.165) is 31.6 Å². The number of Topliss-reactive ketones (excluding diaryl/α,β-unsaturated/α-hetero) is 1. The Morgan fingerprint density at radius 2 is 2.25 bits per heavy atom. The van der Waals surface area contributed by atoms with Crippen LogP contribution in [-0.4, -0.2) is 19.0 Å². The van der Waals surface area contributed by atoms with E-state index in [2.05, 4.69) is 20.4 Å². The second-order valence-corrected chi connectivity index (χ2v) is 5.55. The van der Waals surface area contributed by atoms with Crippen LogP contribution in [0.2, 0.25) is 0 Å². The van der Waals surface area contributed by atoms with Crippen molar-refractivity contribution in [2.75, 3.05) is 13.2 Å². The molecule has 0 aromatic rings. The lowest BCUT2D eigenvalue weighted by atomic mass is 9.74. The summed E-state index contributed by atoms with van der Waals surface area (Å²) in [5.41, 5.74) is 3.52. The number of allylic oxidation sites excluding steroid dienone is 2. The third-order valence-corrected chi connectivity index (χ3v) is 4.06. The van der Waals surface area contributed by atoms with Gasteiger partial charge in [0.05, 0.1) is 13.2 Å². The van der Waals surface area contributed by atoms with Gasteiger partial charge >= 0.3 is 0 Å². The quantitative estimate of drug-likeness (QED) is 0.635. The normalized spacial score (nSPS) is 34.9. The lowest BCUT2D eigenvalue weighted by molar-refractivity contribution is -0.113. The SMILES string of the molecule is C=C1CC(C(C)=O)=C(C)CC2(C)COCC12. The van der Waals surface area contributed by atoms with E-state index in [9.17, 15) is 4.79 Å². The fourth-order valence-corrected chi connectivity index (χ4v) is 3.14. The zero-order chi connectivity index (χ0) is 11.9. The fraction of sp³-hybridized carbons (Fsp3) is 0.643. The molecule has 0 aromatic heterocycles. The van der Waals surface area contributed by atoms with Crippen molar-refractivity contribution < 1.29 is 9.53 Å². The molecule has 2 rings (SSSR count). The summed E-state index contributed by atoms with van der Waals surface area (Å²) >= 11 is 0. The number of rotatable bonds is 1. The molecular formula is C14H20O2. The molecule has 0 aromatic carbocycles. The zero-order valence-corrected chi connectivity index (χ0v) is 10.4. The maximum absolute atomic E-state index is 11.6. The highest BCUT2D eigenvalue weighted by molar-refractivity contribution is 5.94. The molecule has 1 fully saturated rings. The van der Waals surface area contributed by atoms with E-state index in [-0.39, 0.29) is 11.2 Å². The van der Waals surface area contributed by atoms with Crippen molar-refractivity contribution in [3.05, 3.63) is 23.3 Å². The summed E-state index contributed by atoms with van der Waals surface area (Å²) in [4.78, 5) is 11.6. The molecule has 2 atom stereocenters. The van der Waals surface area contributed by atoms with Crippen molar-refractivity contribution in [3.63, 3.8) is 0 Å². The first-order valence-electron chi connectivity index (χ1n) is 5.89. The van der Waals surface area contributed by atoms with Gasteiger partial charge < -0.3 is 4.74 Å². The maximum atomic E-state index is 11.6. The molecule has 1 saturated heterocycles. The molecule has 0 N–H and O–H groups in total. The molecule has 88 valence electrons. The third-order valence-electron chi connectivity index (χ3n) is 4.06. The van der Waals surface area contributed by atoms with Crippen molar-refractivity contribution in [1.82, 2.24) is 0 Å². The Morgan fingerprint density at radius 3 is 2.88 bits per heavy atom. The standard InChI is InChI=1S/C14H20O2/c1-9-5-12(11(3)15)10(2)6-14(4)8-16-7-13(9)14/h13H,1,5-8H2,2-4H3. The van der Waals surface area contributed by atoms with E-state index in [4.69, 9.17) is 4.74 Å². The van der Waals surface area contributed by atoms with Crippen molar-refractivity contribution in [3.8, 4) is 0 Å². The van der Waals surface area contributed by atoms with Crippen LogP contribution >= 0.6 is 0 Å². The smallest absolute Gasteiger partial charge is 0.156 e. The van der Waals surface area contributed by atoms with E-state index in [1.165, 1.54) is 11.1 Å². The zero-order valence-electron chi connectivity index (χ0n) is 10.4. The highest BCUT2D eigenvalue weighted by Crippen LogP contribution is 2.47. The second kappa shape index (κ2) is 3.85. The van der Waals surface area contributed by atoms with Crippen molar-refractivity contribution in [1.29, 1.82) is 0 Å². The summed E-state index contributed by atoms with van der Waals surface area (Å²) in [6.07, 6.45) is 1.70. The summed E-state index contributed by atoms with van der Waals surface area (Å²) in [5.74, 6) is 0.613. The second-order valence-electron chi connectivity index (χ2n) is 5.55. The molecular weight excluding hydrogens is 200 g/mol. The van der Waals surface area contributed by atoms with Gasteiger partial charge in [0.2, 0.25) is 0 Å². The van der Waals surface area contributed by atoms with Gasteiger partial charge in [0.1, 0.15) is 0 Å². The Balaban J connectivity index is 2.39. The number of carbonyl (C=O) groups excluding carboxylic acids is 1. The van der Waals surface area contributed by atoms with Gasteiger partial charge in [0, 0.05) is 11.3 Å². The average Bonchev–Trinajstić information content (AvgIpc) is 2.51. The Morgan fingerprint density at radius 1 is 1.56 bits per heavy atom. The van der Waals surface area contributed by atoms with Crippen LogP contribution in [0, 0.1) is 11.3 Å². The summed E-state index contributed by atoms with van der Waals surface area (Å²) in [5, 5.41) is 0. The summed E-state index contributed by atoms with van der Waals surface area (Å²) in [7, 11) is 0. The highest BCUT2D eigenvalue weighted by Gasteiger charge is 2.43. The van der Waals surface area contributed by atoms with Crippen molar-refractivity contribution >= 4 is 5.78 Å². The third kappa shape index (κ3) is 1.75. The topological polar surface area (TPSA) is 26.3 Å². The van der Waals surface area contributed by atoms with Gasteiger partial charge in [-0.15, -0.1) is 0 Å². The molecule has 0 radical (unpaired) electrons. The number of carbonyl (C=O) groups is 1. The van der Waals surface area contributed by atoms with Crippen LogP contribution in [0.5, 0.6) is 0 Å². The minimum atomic E-state index is 0.151.